The third-order valence-corrected chi connectivity index (χ3v) is 6.72. The maximum Gasteiger partial charge on any atom is 0.416 e. The average molecular weight is 541 g/mol. The van der Waals surface area contributed by atoms with E-state index in [1.807, 2.05) is 37.3 Å². The van der Waals surface area contributed by atoms with Gasteiger partial charge in [0, 0.05) is 18.4 Å². The Hall–Kier alpha value is -3.61. The molecule has 39 heavy (non-hydrogen) atoms. The van der Waals surface area contributed by atoms with Crippen LogP contribution in [0.1, 0.15) is 91.4 Å². The molecule has 1 unspecified atom stereocenters. The van der Waals surface area contributed by atoms with Gasteiger partial charge in [-0.1, -0.05) is 68.7 Å². The number of hydrogen-bond acceptors (Lipinski definition) is 3. The summed E-state index contributed by atoms with van der Waals surface area (Å²) in [5.74, 6) is -0.334. The van der Waals surface area contributed by atoms with Gasteiger partial charge in [-0.15, -0.1) is 0 Å². The second kappa shape index (κ2) is 14.0. The van der Waals surface area contributed by atoms with E-state index in [2.05, 4.69) is 6.92 Å². The monoisotopic (exact) mass is 540 g/mol. The van der Waals surface area contributed by atoms with Crippen LogP contribution in [-0.4, -0.2) is 16.9 Å². The summed E-state index contributed by atoms with van der Waals surface area (Å²) in [7, 11) is 0. The number of carboxylic acids is 1. The number of Topliss-reactive ketones (excluding diaryl/α,β-unsaturated/α-hetero) is 1. The number of hydrogen-bond donors (Lipinski definition) is 1. The highest BCUT2D eigenvalue weighted by atomic mass is 19.4. The number of carboxylic acid groups (broad SMARTS) is 1. The van der Waals surface area contributed by atoms with Crippen LogP contribution in [0.15, 0.2) is 66.7 Å². The van der Waals surface area contributed by atoms with Crippen LogP contribution >= 0.6 is 0 Å². The third kappa shape index (κ3) is 8.98. The summed E-state index contributed by atoms with van der Waals surface area (Å²) in [6, 6.07) is 18.0. The number of rotatable bonds is 14. The van der Waals surface area contributed by atoms with Crippen LogP contribution in [0.3, 0.4) is 0 Å². The molecule has 0 aliphatic heterocycles. The molecule has 208 valence electrons. The topological polar surface area (TPSA) is 63.6 Å². The van der Waals surface area contributed by atoms with Crippen LogP contribution in [0.2, 0.25) is 0 Å². The van der Waals surface area contributed by atoms with Crippen molar-refractivity contribution in [1.29, 1.82) is 0 Å². The van der Waals surface area contributed by atoms with Crippen LogP contribution in [0, 0.1) is 6.92 Å². The van der Waals surface area contributed by atoms with Crippen LogP contribution in [0.5, 0.6) is 5.75 Å². The highest BCUT2D eigenvalue weighted by Gasteiger charge is 2.30. The van der Waals surface area contributed by atoms with Crippen LogP contribution in [0.25, 0.3) is 11.1 Å². The second-order valence-corrected chi connectivity index (χ2v) is 9.80. The van der Waals surface area contributed by atoms with E-state index < -0.39 is 17.7 Å². The van der Waals surface area contributed by atoms with Crippen LogP contribution in [-0.2, 0) is 11.0 Å². The van der Waals surface area contributed by atoms with Crippen molar-refractivity contribution in [2.24, 2.45) is 0 Å². The molecular weight excluding hydrogens is 505 g/mol. The lowest BCUT2D eigenvalue weighted by atomic mass is 9.98. The van der Waals surface area contributed by atoms with E-state index in [9.17, 15) is 22.8 Å². The minimum absolute atomic E-state index is 0.0332. The molecule has 0 heterocycles. The number of halogens is 3. The van der Waals surface area contributed by atoms with Crippen molar-refractivity contribution in [3.8, 4) is 16.9 Å². The van der Waals surface area contributed by atoms with E-state index >= 15 is 0 Å². The molecule has 1 N–H and O–H groups in total. The van der Waals surface area contributed by atoms with E-state index in [0.29, 0.717) is 23.3 Å². The normalized spacial score (nSPS) is 12.2. The average Bonchev–Trinajstić information content (AvgIpc) is 2.90. The summed E-state index contributed by atoms with van der Waals surface area (Å²) in [5, 5.41) is 8.78. The number of unbranched alkanes of at least 4 members (excludes halogenated alkanes) is 3. The summed E-state index contributed by atoms with van der Waals surface area (Å²) in [5.41, 5.74) is 3.24. The molecule has 0 saturated heterocycles. The molecule has 0 spiro atoms. The van der Waals surface area contributed by atoms with Gasteiger partial charge in [-0.25, -0.2) is 0 Å². The highest BCUT2D eigenvalue weighted by molar-refractivity contribution is 5.96. The predicted molar refractivity (Wildman–Crippen MR) is 146 cm³/mol. The Morgan fingerprint density at radius 1 is 0.872 bits per heavy atom. The number of aliphatic carboxylic acids is 1. The van der Waals surface area contributed by atoms with Gasteiger partial charge in [0.2, 0.25) is 0 Å². The van der Waals surface area contributed by atoms with E-state index in [-0.39, 0.29) is 24.7 Å². The number of carbonyl (C=O) groups is 2. The van der Waals surface area contributed by atoms with Gasteiger partial charge in [-0.2, -0.15) is 13.2 Å². The number of benzene rings is 3. The van der Waals surface area contributed by atoms with E-state index in [4.69, 9.17) is 9.84 Å². The minimum atomic E-state index is -4.37. The van der Waals surface area contributed by atoms with Crippen LogP contribution < -0.4 is 4.74 Å². The van der Waals surface area contributed by atoms with Crippen molar-refractivity contribution in [2.75, 3.05) is 0 Å². The molecule has 4 nitrogen and oxygen atoms in total. The molecule has 0 amide bonds. The quantitative estimate of drug-likeness (QED) is 0.164. The van der Waals surface area contributed by atoms with Crippen molar-refractivity contribution in [2.45, 2.75) is 77.5 Å². The van der Waals surface area contributed by atoms with Crippen LogP contribution in [0.4, 0.5) is 13.2 Å². The molecule has 1 atom stereocenters. The second-order valence-electron chi connectivity index (χ2n) is 9.80. The Bertz CT molecular complexity index is 1230. The fourth-order valence-corrected chi connectivity index (χ4v) is 4.51. The van der Waals surface area contributed by atoms with Gasteiger partial charge in [-0.05, 0) is 72.7 Å². The largest absolute Gasteiger partial charge is 0.486 e. The van der Waals surface area contributed by atoms with E-state index in [0.717, 1.165) is 60.9 Å². The smallest absolute Gasteiger partial charge is 0.416 e. The first-order valence-corrected chi connectivity index (χ1v) is 13.4. The Kier molecular flexibility index (Phi) is 10.7. The zero-order valence-corrected chi connectivity index (χ0v) is 22.4. The number of ketones is 1. The van der Waals surface area contributed by atoms with Gasteiger partial charge >= 0.3 is 12.1 Å². The maximum atomic E-state index is 12.9. The summed E-state index contributed by atoms with van der Waals surface area (Å²) in [6.07, 6.45) is 0.984. The van der Waals surface area contributed by atoms with E-state index in [1.165, 1.54) is 12.1 Å². The number of carbonyl (C=O) groups excluding carboxylic acids is 1. The minimum Gasteiger partial charge on any atom is -0.486 e. The lowest BCUT2D eigenvalue weighted by Gasteiger charge is -2.21. The molecule has 0 bridgehead atoms. The standard InChI is InChI=1S/C32H35F3O4/c1-3-4-5-6-9-30(25-13-11-24(12-14-25)29(36)8-7-10-31(37)38)39-27-19-20-28(22(2)21-27)23-15-17-26(18-16-23)32(33,34)35/h11-21,30H,3-10H2,1-2H3,(H,37,38). The summed E-state index contributed by atoms with van der Waals surface area (Å²) < 4.78 is 45.2. The third-order valence-electron chi connectivity index (χ3n) is 6.72. The number of ether oxygens (including phenoxy) is 1. The van der Waals surface area contributed by atoms with Crippen molar-refractivity contribution in [3.05, 3.63) is 89.0 Å². The van der Waals surface area contributed by atoms with Crippen molar-refractivity contribution in [1.82, 2.24) is 0 Å². The molecule has 0 aliphatic rings. The Morgan fingerprint density at radius 3 is 2.15 bits per heavy atom. The first-order chi connectivity index (χ1) is 18.6. The lowest BCUT2D eigenvalue weighted by molar-refractivity contribution is -0.138. The Morgan fingerprint density at radius 2 is 1.56 bits per heavy atom. The predicted octanol–water partition coefficient (Wildman–Crippen LogP) is 9.21. The molecule has 0 aliphatic carbocycles. The summed E-state index contributed by atoms with van der Waals surface area (Å²) in [6.45, 7) is 4.06. The van der Waals surface area contributed by atoms with Gasteiger partial charge in [0.05, 0.1) is 5.56 Å². The fourth-order valence-electron chi connectivity index (χ4n) is 4.51. The molecule has 3 aromatic rings. The highest BCUT2D eigenvalue weighted by Crippen LogP contribution is 2.34. The van der Waals surface area contributed by atoms with Crippen molar-refractivity contribution < 1.29 is 32.6 Å². The zero-order chi connectivity index (χ0) is 28.4. The molecule has 0 fully saturated rings. The van der Waals surface area contributed by atoms with Gasteiger partial charge in [0.15, 0.2) is 5.78 Å². The lowest BCUT2D eigenvalue weighted by Crippen LogP contribution is -2.09. The maximum absolute atomic E-state index is 12.9. The first-order valence-electron chi connectivity index (χ1n) is 13.4. The molecular formula is C32H35F3O4. The van der Waals surface area contributed by atoms with Crippen molar-refractivity contribution >= 4 is 11.8 Å². The van der Waals surface area contributed by atoms with Gasteiger partial charge in [0.1, 0.15) is 11.9 Å². The fraction of sp³-hybridized carbons (Fsp3) is 0.375. The van der Waals surface area contributed by atoms with Gasteiger partial charge in [0.25, 0.3) is 0 Å². The zero-order valence-electron chi connectivity index (χ0n) is 22.4. The summed E-state index contributed by atoms with van der Waals surface area (Å²) >= 11 is 0. The summed E-state index contributed by atoms with van der Waals surface area (Å²) in [4.78, 5) is 23.1. The number of alkyl halides is 3. The van der Waals surface area contributed by atoms with Gasteiger partial charge in [-0.3, -0.25) is 9.59 Å². The van der Waals surface area contributed by atoms with E-state index in [1.54, 1.807) is 12.1 Å². The molecule has 3 rings (SSSR count). The SMILES string of the molecule is CCCCCCC(Oc1ccc(-c2ccc(C(F)(F)F)cc2)c(C)c1)c1ccc(C(=O)CCCC(=O)O)cc1. The molecule has 0 radical (unpaired) electrons. The Balaban J connectivity index is 1.75. The Labute approximate surface area is 227 Å². The molecule has 0 saturated carbocycles. The molecule has 0 aromatic heterocycles. The van der Waals surface area contributed by atoms with Crippen molar-refractivity contribution in [3.63, 3.8) is 0 Å². The first kappa shape index (κ1) is 29.9. The van der Waals surface area contributed by atoms with Gasteiger partial charge < -0.3 is 9.84 Å². The molecule has 3 aromatic carbocycles. The number of aryl methyl sites for hydroxylation is 1. The molecule has 7 heteroatoms.